The summed E-state index contributed by atoms with van der Waals surface area (Å²) in [4.78, 5) is 1.46. The summed E-state index contributed by atoms with van der Waals surface area (Å²) in [5.74, 6) is 0. The molecule has 0 saturated carbocycles. The van der Waals surface area contributed by atoms with E-state index >= 15 is 0 Å². The number of halogens is 1. The number of nitrogens with one attached hydrogen (secondary N) is 2. The van der Waals surface area contributed by atoms with Crippen LogP contribution >= 0.6 is 27.3 Å². The van der Waals surface area contributed by atoms with Crippen molar-refractivity contribution in [2.45, 2.75) is 51.1 Å². The molecule has 2 unspecified atom stereocenters. The third-order valence-electron chi connectivity index (χ3n) is 3.54. The van der Waals surface area contributed by atoms with E-state index in [2.05, 4.69) is 45.6 Å². The van der Waals surface area contributed by atoms with Gasteiger partial charge in [0.25, 0.3) is 0 Å². The summed E-state index contributed by atoms with van der Waals surface area (Å²) < 4.78 is 1.23. The Morgan fingerprint density at radius 1 is 1.50 bits per heavy atom. The first-order valence-corrected chi connectivity index (χ1v) is 8.56. The summed E-state index contributed by atoms with van der Waals surface area (Å²) in [6, 6.07) is 5.69. The Labute approximate surface area is 123 Å². The highest BCUT2D eigenvalue weighted by molar-refractivity contribution is 9.11. The Kier molecular flexibility index (Phi) is 6.15. The number of thiophene rings is 1. The second kappa shape index (κ2) is 7.63. The normalized spacial score (nSPS) is 22.0. The predicted octanol–water partition coefficient (Wildman–Crippen LogP) is 3.56. The van der Waals surface area contributed by atoms with E-state index in [1.807, 2.05) is 11.3 Å². The fraction of sp³-hybridized carbons (Fsp3) is 0.714. The molecule has 1 saturated heterocycles. The first-order valence-electron chi connectivity index (χ1n) is 6.95. The molecule has 1 aliphatic heterocycles. The molecule has 0 spiro atoms. The summed E-state index contributed by atoms with van der Waals surface area (Å²) >= 11 is 5.35. The topological polar surface area (TPSA) is 24.1 Å². The van der Waals surface area contributed by atoms with Gasteiger partial charge >= 0.3 is 0 Å². The van der Waals surface area contributed by atoms with Crippen LogP contribution in [-0.4, -0.2) is 25.2 Å². The Morgan fingerprint density at radius 3 is 3.06 bits per heavy atom. The fourth-order valence-corrected chi connectivity index (χ4v) is 4.05. The minimum absolute atomic E-state index is 0.615. The van der Waals surface area contributed by atoms with Crippen LogP contribution in [0, 0.1) is 0 Å². The molecule has 2 rings (SSSR count). The fourth-order valence-electron chi connectivity index (χ4n) is 2.56. The molecule has 0 amide bonds. The van der Waals surface area contributed by atoms with Gasteiger partial charge < -0.3 is 10.6 Å². The molecule has 1 aliphatic rings. The van der Waals surface area contributed by atoms with E-state index in [1.54, 1.807) is 0 Å². The van der Waals surface area contributed by atoms with Crippen molar-refractivity contribution >= 4 is 27.3 Å². The van der Waals surface area contributed by atoms with Crippen LogP contribution in [0.5, 0.6) is 0 Å². The Morgan fingerprint density at radius 2 is 2.39 bits per heavy atom. The van der Waals surface area contributed by atoms with Crippen LogP contribution in [0.1, 0.15) is 37.5 Å². The highest BCUT2D eigenvalue weighted by atomic mass is 79.9. The van der Waals surface area contributed by atoms with Crippen LogP contribution in [0.4, 0.5) is 0 Å². The minimum Gasteiger partial charge on any atom is -0.314 e. The Balaban J connectivity index is 1.60. The highest BCUT2D eigenvalue weighted by Crippen LogP contribution is 2.22. The van der Waals surface area contributed by atoms with E-state index in [-0.39, 0.29) is 0 Å². The lowest BCUT2D eigenvalue weighted by Crippen LogP contribution is -2.40. The zero-order valence-corrected chi connectivity index (χ0v) is 13.4. The van der Waals surface area contributed by atoms with Crippen LogP contribution in [-0.2, 0) is 6.42 Å². The molecule has 0 bridgehead atoms. The number of piperidine rings is 1. The van der Waals surface area contributed by atoms with E-state index < -0.39 is 0 Å². The number of rotatable bonds is 6. The van der Waals surface area contributed by atoms with E-state index in [0.29, 0.717) is 6.04 Å². The summed E-state index contributed by atoms with van der Waals surface area (Å²) in [5.41, 5.74) is 0. The molecule has 18 heavy (non-hydrogen) atoms. The monoisotopic (exact) mass is 330 g/mol. The number of hydrogen-bond donors (Lipinski definition) is 2. The molecule has 1 fully saturated rings. The molecule has 2 heterocycles. The van der Waals surface area contributed by atoms with Gasteiger partial charge in [0.2, 0.25) is 0 Å². The third-order valence-corrected chi connectivity index (χ3v) is 5.23. The van der Waals surface area contributed by atoms with Gasteiger partial charge in [-0.05, 0) is 67.2 Å². The maximum atomic E-state index is 3.64. The molecular weight excluding hydrogens is 308 g/mol. The average Bonchev–Trinajstić information content (AvgIpc) is 2.76. The van der Waals surface area contributed by atoms with Gasteiger partial charge in [-0.25, -0.2) is 0 Å². The van der Waals surface area contributed by atoms with Crippen molar-refractivity contribution in [1.82, 2.24) is 10.6 Å². The molecule has 2 nitrogen and oxygen atoms in total. The molecule has 0 aromatic carbocycles. The SMILES string of the molecule is CC(CC1CCCCN1)NCCc1ccc(Br)s1. The van der Waals surface area contributed by atoms with Crippen molar-refractivity contribution in [3.05, 3.63) is 20.8 Å². The summed E-state index contributed by atoms with van der Waals surface area (Å²) in [7, 11) is 0. The maximum absolute atomic E-state index is 3.64. The quantitative estimate of drug-likeness (QED) is 0.833. The van der Waals surface area contributed by atoms with Gasteiger partial charge in [-0.2, -0.15) is 0 Å². The molecule has 1 aromatic heterocycles. The number of hydrogen-bond acceptors (Lipinski definition) is 3. The lowest BCUT2D eigenvalue weighted by atomic mass is 9.99. The summed E-state index contributed by atoms with van der Waals surface area (Å²) in [6.07, 6.45) is 6.50. The average molecular weight is 331 g/mol. The molecule has 1 aromatic rings. The van der Waals surface area contributed by atoms with Gasteiger partial charge in [0.1, 0.15) is 0 Å². The van der Waals surface area contributed by atoms with Crippen LogP contribution in [0.25, 0.3) is 0 Å². The minimum atomic E-state index is 0.615. The maximum Gasteiger partial charge on any atom is 0.0701 e. The van der Waals surface area contributed by atoms with Crippen molar-refractivity contribution in [2.24, 2.45) is 0 Å². The van der Waals surface area contributed by atoms with Gasteiger partial charge in [0, 0.05) is 23.5 Å². The van der Waals surface area contributed by atoms with E-state index in [4.69, 9.17) is 0 Å². The van der Waals surface area contributed by atoms with Gasteiger partial charge in [-0.1, -0.05) is 6.42 Å². The molecule has 0 radical (unpaired) electrons. The zero-order chi connectivity index (χ0) is 12.8. The van der Waals surface area contributed by atoms with E-state index in [1.165, 1.54) is 40.9 Å². The molecule has 4 heteroatoms. The third kappa shape index (κ3) is 5.00. The van der Waals surface area contributed by atoms with Crippen molar-refractivity contribution in [3.8, 4) is 0 Å². The van der Waals surface area contributed by atoms with Gasteiger partial charge in [-0.15, -0.1) is 11.3 Å². The first-order chi connectivity index (χ1) is 8.74. The Bertz CT molecular complexity index is 347. The molecule has 2 atom stereocenters. The van der Waals surface area contributed by atoms with Gasteiger partial charge in [-0.3, -0.25) is 0 Å². The van der Waals surface area contributed by atoms with E-state index in [0.717, 1.165) is 19.0 Å². The molecule has 102 valence electrons. The van der Waals surface area contributed by atoms with Crippen molar-refractivity contribution in [2.75, 3.05) is 13.1 Å². The molecule has 0 aliphatic carbocycles. The lowest BCUT2D eigenvalue weighted by molar-refractivity contribution is 0.346. The summed E-state index contributed by atoms with van der Waals surface area (Å²) in [5, 5.41) is 7.26. The summed E-state index contributed by atoms with van der Waals surface area (Å²) in [6.45, 7) is 4.60. The van der Waals surface area contributed by atoms with Crippen molar-refractivity contribution in [3.63, 3.8) is 0 Å². The van der Waals surface area contributed by atoms with Crippen LogP contribution in [0.2, 0.25) is 0 Å². The lowest BCUT2D eigenvalue weighted by Gasteiger charge is -2.26. The second-order valence-electron chi connectivity index (χ2n) is 5.19. The van der Waals surface area contributed by atoms with Crippen molar-refractivity contribution in [1.29, 1.82) is 0 Å². The van der Waals surface area contributed by atoms with Crippen LogP contribution < -0.4 is 10.6 Å². The standard InChI is InChI=1S/C14H23BrN2S/c1-11(10-12-4-2-3-8-17-12)16-9-7-13-5-6-14(15)18-13/h5-6,11-12,16-17H,2-4,7-10H2,1H3. The van der Waals surface area contributed by atoms with Crippen LogP contribution in [0.3, 0.4) is 0 Å². The second-order valence-corrected chi connectivity index (χ2v) is 7.74. The molecule has 2 N–H and O–H groups in total. The first kappa shape index (κ1) is 14.5. The zero-order valence-electron chi connectivity index (χ0n) is 11.0. The largest absolute Gasteiger partial charge is 0.314 e. The van der Waals surface area contributed by atoms with Gasteiger partial charge in [0.05, 0.1) is 3.79 Å². The molecular formula is C14H23BrN2S. The van der Waals surface area contributed by atoms with E-state index in [9.17, 15) is 0 Å². The smallest absolute Gasteiger partial charge is 0.0701 e. The Hall–Kier alpha value is 0.1000. The predicted molar refractivity (Wildman–Crippen MR) is 83.4 cm³/mol. The van der Waals surface area contributed by atoms with Crippen LogP contribution in [0.15, 0.2) is 15.9 Å². The van der Waals surface area contributed by atoms with Gasteiger partial charge in [0.15, 0.2) is 0 Å². The van der Waals surface area contributed by atoms with Crippen molar-refractivity contribution < 1.29 is 0 Å². The highest BCUT2D eigenvalue weighted by Gasteiger charge is 2.15.